The SMILES string of the molecule is CC1CCCC(c2nc(Cl)c(I)c(C(C)(C)C)n2)C1. The highest BCUT2D eigenvalue weighted by atomic mass is 127. The molecule has 2 nitrogen and oxygen atoms in total. The van der Waals surface area contributed by atoms with Gasteiger partial charge in [0.1, 0.15) is 11.0 Å². The summed E-state index contributed by atoms with van der Waals surface area (Å²) in [6, 6.07) is 0. The summed E-state index contributed by atoms with van der Waals surface area (Å²) in [7, 11) is 0. The number of nitrogens with zero attached hydrogens (tertiary/aromatic N) is 2. The summed E-state index contributed by atoms with van der Waals surface area (Å²) >= 11 is 8.59. The van der Waals surface area contributed by atoms with E-state index in [4.69, 9.17) is 16.6 Å². The van der Waals surface area contributed by atoms with Crippen LogP contribution in [0.15, 0.2) is 0 Å². The molecule has 1 saturated carbocycles. The third-order valence-electron chi connectivity index (χ3n) is 3.84. The first-order valence-corrected chi connectivity index (χ1v) is 8.48. The average molecular weight is 393 g/mol. The van der Waals surface area contributed by atoms with Crippen LogP contribution in [0.2, 0.25) is 5.15 Å². The Bertz CT molecular complexity index is 468. The van der Waals surface area contributed by atoms with E-state index in [0.29, 0.717) is 11.1 Å². The maximum absolute atomic E-state index is 6.32. The minimum absolute atomic E-state index is 0.0120. The zero-order valence-electron chi connectivity index (χ0n) is 12.1. The van der Waals surface area contributed by atoms with E-state index in [1.54, 1.807) is 0 Å². The lowest BCUT2D eigenvalue weighted by Crippen LogP contribution is -2.21. The lowest BCUT2D eigenvalue weighted by molar-refractivity contribution is 0.333. The molecule has 1 fully saturated rings. The Balaban J connectivity index is 2.39. The molecular formula is C15H22ClIN2. The van der Waals surface area contributed by atoms with Gasteiger partial charge in [0.15, 0.2) is 0 Å². The summed E-state index contributed by atoms with van der Waals surface area (Å²) in [5, 5.41) is 0.619. The van der Waals surface area contributed by atoms with E-state index in [1.165, 1.54) is 25.7 Å². The second kappa shape index (κ2) is 5.84. The van der Waals surface area contributed by atoms with Crippen LogP contribution in [0.5, 0.6) is 0 Å². The lowest BCUT2D eigenvalue weighted by Gasteiger charge is -2.27. The van der Waals surface area contributed by atoms with Crippen LogP contribution >= 0.6 is 34.2 Å². The monoisotopic (exact) mass is 392 g/mol. The molecule has 0 bridgehead atoms. The van der Waals surface area contributed by atoms with Crippen molar-refractivity contribution in [1.29, 1.82) is 0 Å². The summed E-state index contributed by atoms with van der Waals surface area (Å²) < 4.78 is 0.999. The van der Waals surface area contributed by atoms with Gasteiger partial charge in [0.2, 0.25) is 0 Å². The summed E-state index contributed by atoms with van der Waals surface area (Å²) in [4.78, 5) is 9.41. The lowest BCUT2D eigenvalue weighted by atomic mass is 9.82. The molecule has 1 aliphatic rings. The Kier molecular flexibility index (Phi) is 4.76. The molecule has 1 aliphatic carbocycles. The predicted octanol–water partition coefficient (Wildman–Crippen LogP) is 5.33. The van der Waals surface area contributed by atoms with Gasteiger partial charge in [-0.05, 0) is 41.4 Å². The van der Waals surface area contributed by atoms with Crippen LogP contribution in [-0.2, 0) is 5.41 Å². The normalized spacial score (nSPS) is 24.5. The molecule has 0 aromatic carbocycles. The molecule has 2 unspecified atom stereocenters. The third-order valence-corrected chi connectivity index (χ3v) is 5.45. The van der Waals surface area contributed by atoms with E-state index >= 15 is 0 Å². The molecule has 0 spiro atoms. The highest BCUT2D eigenvalue weighted by Crippen LogP contribution is 2.37. The molecule has 2 atom stereocenters. The molecule has 2 rings (SSSR count). The van der Waals surface area contributed by atoms with Crippen molar-refractivity contribution in [2.75, 3.05) is 0 Å². The van der Waals surface area contributed by atoms with Gasteiger partial charge in [-0.3, -0.25) is 0 Å². The molecule has 0 amide bonds. The van der Waals surface area contributed by atoms with Crippen LogP contribution in [0.4, 0.5) is 0 Å². The number of halogens is 2. The van der Waals surface area contributed by atoms with Gasteiger partial charge in [-0.15, -0.1) is 0 Å². The smallest absolute Gasteiger partial charge is 0.146 e. The van der Waals surface area contributed by atoms with Gasteiger partial charge >= 0.3 is 0 Å². The van der Waals surface area contributed by atoms with Gasteiger partial charge in [0.05, 0.1) is 9.26 Å². The van der Waals surface area contributed by atoms with Crippen molar-refractivity contribution < 1.29 is 0 Å². The van der Waals surface area contributed by atoms with Crippen molar-refractivity contribution >= 4 is 34.2 Å². The highest BCUT2D eigenvalue weighted by Gasteiger charge is 2.27. The largest absolute Gasteiger partial charge is 0.236 e. The molecule has 4 heteroatoms. The first-order valence-electron chi connectivity index (χ1n) is 7.02. The molecule has 0 N–H and O–H groups in total. The van der Waals surface area contributed by atoms with Gasteiger partial charge < -0.3 is 0 Å². The second-order valence-corrected chi connectivity index (χ2v) is 8.19. The van der Waals surface area contributed by atoms with Gasteiger partial charge in [-0.1, -0.05) is 52.1 Å². The number of hydrogen-bond donors (Lipinski definition) is 0. The Morgan fingerprint density at radius 2 is 1.89 bits per heavy atom. The topological polar surface area (TPSA) is 25.8 Å². The molecule has 0 saturated heterocycles. The maximum Gasteiger partial charge on any atom is 0.146 e. The van der Waals surface area contributed by atoms with E-state index in [0.717, 1.165) is 21.0 Å². The van der Waals surface area contributed by atoms with Crippen molar-refractivity contribution in [3.05, 3.63) is 20.2 Å². The van der Waals surface area contributed by atoms with E-state index in [1.807, 2.05) is 0 Å². The molecule has 106 valence electrons. The minimum Gasteiger partial charge on any atom is -0.236 e. The summed E-state index contributed by atoms with van der Waals surface area (Å²) in [6.07, 6.45) is 5.01. The van der Waals surface area contributed by atoms with Gasteiger partial charge in [-0.2, -0.15) is 0 Å². The first kappa shape index (κ1) is 15.5. The quantitative estimate of drug-likeness (QED) is 0.477. The van der Waals surface area contributed by atoms with Gasteiger partial charge in [-0.25, -0.2) is 9.97 Å². The highest BCUT2D eigenvalue weighted by molar-refractivity contribution is 14.1. The fraction of sp³-hybridized carbons (Fsp3) is 0.733. The van der Waals surface area contributed by atoms with Crippen molar-refractivity contribution in [3.63, 3.8) is 0 Å². The molecule has 0 aliphatic heterocycles. The number of hydrogen-bond acceptors (Lipinski definition) is 2. The van der Waals surface area contributed by atoms with E-state index < -0.39 is 0 Å². The Labute approximate surface area is 134 Å². The third kappa shape index (κ3) is 3.60. The van der Waals surface area contributed by atoms with E-state index in [-0.39, 0.29) is 5.41 Å². The maximum atomic E-state index is 6.32. The van der Waals surface area contributed by atoms with Crippen LogP contribution < -0.4 is 0 Å². The van der Waals surface area contributed by atoms with Crippen LogP contribution in [0.3, 0.4) is 0 Å². The van der Waals surface area contributed by atoms with Crippen molar-refractivity contribution in [3.8, 4) is 0 Å². The van der Waals surface area contributed by atoms with Crippen LogP contribution in [0.1, 0.15) is 70.8 Å². The molecule has 1 aromatic heterocycles. The fourth-order valence-electron chi connectivity index (χ4n) is 2.78. The van der Waals surface area contributed by atoms with Crippen LogP contribution in [0, 0.1) is 9.49 Å². The summed E-state index contributed by atoms with van der Waals surface area (Å²) in [5.41, 5.74) is 1.10. The first-order chi connectivity index (χ1) is 8.79. The van der Waals surface area contributed by atoms with Gasteiger partial charge in [0, 0.05) is 11.3 Å². The standard InChI is InChI=1S/C15H22ClIN2/c1-9-6-5-7-10(8-9)14-18-12(15(2,3)4)11(17)13(16)19-14/h9-10H,5-8H2,1-4H3. The van der Waals surface area contributed by atoms with Gasteiger partial charge in [0.25, 0.3) is 0 Å². The average Bonchev–Trinajstić information content (AvgIpc) is 2.31. The zero-order chi connectivity index (χ0) is 14.2. The molecule has 0 radical (unpaired) electrons. The Morgan fingerprint density at radius 3 is 2.47 bits per heavy atom. The Morgan fingerprint density at radius 1 is 1.21 bits per heavy atom. The molecule has 19 heavy (non-hydrogen) atoms. The molecular weight excluding hydrogens is 371 g/mol. The zero-order valence-corrected chi connectivity index (χ0v) is 15.0. The van der Waals surface area contributed by atoms with Crippen LogP contribution in [0.25, 0.3) is 0 Å². The number of rotatable bonds is 1. The van der Waals surface area contributed by atoms with E-state index in [2.05, 4.69) is 55.3 Å². The van der Waals surface area contributed by atoms with Crippen LogP contribution in [-0.4, -0.2) is 9.97 Å². The van der Waals surface area contributed by atoms with Crippen molar-refractivity contribution in [1.82, 2.24) is 9.97 Å². The summed E-state index contributed by atoms with van der Waals surface area (Å²) in [5.74, 6) is 2.22. The predicted molar refractivity (Wildman–Crippen MR) is 88.8 cm³/mol. The van der Waals surface area contributed by atoms with E-state index in [9.17, 15) is 0 Å². The second-order valence-electron chi connectivity index (χ2n) is 6.75. The molecule has 1 heterocycles. The minimum atomic E-state index is 0.0120. The number of aromatic nitrogens is 2. The van der Waals surface area contributed by atoms with Crippen molar-refractivity contribution in [2.24, 2.45) is 5.92 Å². The molecule has 1 aromatic rings. The fourth-order valence-corrected chi connectivity index (χ4v) is 4.01. The Hall–Kier alpha value is 0.1000. The van der Waals surface area contributed by atoms with Crippen molar-refractivity contribution in [2.45, 2.75) is 64.7 Å². The summed E-state index contributed by atoms with van der Waals surface area (Å²) in [6.45, 7) is 8.87.